The number of nitrogens with zero attached hydrogens (tertiary/aromatic N) is 1. The number of hydrogen-bond acceptors (Lipinski definition) is 3. The van der Waals surface area contributed by atoms with Crippen LogP contribution in [0.1, 0.15) is 37.7 Å². The molecule has 2 aromatic heterocycles. The molecule has 2 amide bonds. The Balaban J connectivity index is 1.43. The van der Waals surface area contributed by atoms with Crippen LogP contribution in [0, 0.1) is 19.7 Å². The predicted molar refractivity (Wildman–Crippen MR) is 127 cm³/mol. The van der Waals surface area contributed by atoms with E-state index in [0.29, 0.717) is 29.7 Å². The summed E-state index contributed by atoms with van der Waals surface area (Å²) in [6.07, 6.45) is 2.19. The average molecular weight is 445 g/mol. The molecule has 0 radical (unpaired) electrons. The Labute approximate surface area is 191 Å². The Morgan fingerprint density at radius 3 is 2.58 bits per heavy atom. The van der Waals surface area contributed by atoms with Gasteiger partial charge in [-0.15, -0.1) is 0 Å². The van der Waals surface area contributed by atoms with E-state index in [0.717, 1.165) is 33.3 Å². The average Bonchev–Trinajstić information content (AvgIpc) is 3.18. The highest BCUT2D eigenvalue weighted by Crippen LogP contribution is 2.28. The third kappa shape index (κ3) is 4.48. The van der Waals surface area contributed by atoms with Gasteiger partial charge in [0, 0.05) is 42.0 Å². The van der Waals surface area contributed by atoms with E-state index in [4.69, 9.17) is 0 Å². The van der Waals surface area contributed by atoms with Gasteiger partial charge in [-0.25, -0.2) is 4.39 Å². The highest BCUT2D eigenvalue weighted by atomic mass is 19.1. The number of carbonyl (C=O) groups excluding carboxylic acids is 2. The van der Waals surface area contributed by atoms with E-state index in [9.17, 15) is 14.0 Å². The quantitative estimate of drug-likeness (QED) is 0.414. The van der Waals surface area contributed by atoms with Crippen LogP contribution in [-0.2, 0) is 6.42 Å². The maximum absolute atomic E-state index is 14.1. The van der Waals surface area contributed by atoms with E-state index in [1.54, 1.807) is 49.6 Å². The summed E-state index contributed by atoms with van der Waals surface area (Å²) in [5.41, 5.74) is 5.91. The normalized spacial score (nSPS) is 10.9. The minimum absolute atomic E-state index is 0.163. The lowest BCUT2D eigenvalue weighted by molar-refractivity contribution is 0.0945. The summed E-state index contributed by atoms with van der Waals surface area (Å²) < 4.78 is 14.1. The van der Waals surface area contributed by atoms with Gasteiger partial charge in [-0.2, -0.15) is 0 Å². The van der Waals surface area contributed by atoms with Crippen molar-refractivity contribution in [3.8, 4) is 11.1 Å². The van der Waals surface area contributed by atoms with E-state index in [-0.39, 0.29) is 17.6 Å². The van der Waals surface area contributed by atoms with Gasteiger partial charge in [-0.1, -0.05) is 24.3 Å². The SMILES string of the molecule is CNC(=O)c1cccc(-c2ccc(C(=O)NCCc3c(C)[nH]c4c(F)ccc(C)c34)nc2)c1. The second-order valence-electron chi connectivity index (χ2n) is 7.94. The second-order valence-corrected chi connectivity index (χ2v) is 7.94. The van der Waals surface area contributed by atoms with Crippen molar-refractivity contribution in [1.82, 2.24) is 20.6 Å². The van der Waals surface area contributed by atoms with Crippen molar-refractivity contribution in [1.29, 1.82) is 0 Å². The van der Waals surface area contributed by atoms with Crippen molar-refractivity contribution >= 4 is 22.7 Å². The summed E-state index contributed by atoms with van der Waals surface area (Å²) in [6, 6.07) is 13.9. The van der Waals surface area contributed by atoms with E-state index >= 15 is 0 Å². The zero-order chi connectivity index (χ0) is 23.5. The second kappa shape index (κ2) is 9.24. The molecule has 0 aliphatic rings. The number of carbonyl (C=O) groups is 2. The van der Waals surface area contributed by atoms with Gasteiger partial charge >= 0.3 is 0 Å². The number of hydrogen-bond donors (Lipinski definition) is 3. The number of aromatic amines is 1. The predicted octanol–water partition coefficient (Wildman–Crippen LogP) is 4.32. The molecule has 33 heavy (non-hydrogen) atoms. The Hall–Kier alpha value is -4.00. The molecular weight excluding hydrogens is 419 g/mol. The molecule has 7 heteroatoms. The van der Waals surface area contributed by atoms with Crippen LogP contribution >= 0.6 is 0 Å². The highest BCUT2D eigenvalue weighted by molar-refractivity contribution is 5.95. The highest BCUT2D eigenvalue weighted by Gasteiger charge is 2.15. The fourth-order valence-corrected chi connectivity index (χ4v) is 4.03. The standard InChI is InChI=1S/C26H25FN4O2/c1-15-7-9-21(27)24-23(15)20(16(2)31-24)11-12-29-26(33)22-10-8-19(14-30-22)17-5-4-6-18(13-17)25(32)28-3/h4-10,13-14,31H,11-12H2,1-3H3,(H,28,32)(H,29,33). The zero-order valence-electron chi connectivity index (χ0n) is 18.8. The smallest absolute Gasteiger partial charge is 0.269 e. The van der Waals surface area contributed by atoms with Gasteiger partial charge in [0.05, 0.1) is 5.52 Å². The number of rotatable bonds is 6. The topological polar surface area (TPSA) is 86.9 Å². The lowest BCUT2D eigenvalue weighted by Gasteiger charge is -2.08. The molecule has 4 rings (SSSR count). The number of pyridine rings is 1. The lowest BCUT2D eigenvalue weighted by atomic mass is 10.0. The number of H-pyrrole nitrogens is 1. The lowest BCUT2D eigenvalue weighted by Crippen LogP contribution is -2.26. The fraction of sp³-hybridized carbons (Fsp3) is 0.192. The van der Waals surface area contributed by atoms with Crippen LogP contribution in [0.3, 0.4) is 0 Å². The molecule has 0 saturated heterocycles. The van der Waals surface area contributed by atoms with E-state index in [1.807, 2.05) is 19.9 Å². The number of benzene rings is 2. The van der Waals surface area contributed by atoms with Gasteiger partial charge in [0.1, 0.15) is 11.5 Å². The monoisotopic (exact) mass is 444 g/mol. The van der Waals surface area contributed by atoms with E-state index < -0.39 is 0 Å². The van der Waals surface area contributed by atoms with E-state index in [1.165, 1.54) is 6.07 Å². The van der Waals surface area contributed by atoms with Crippen LogP contribution < -0.4 is 10.6 Å². The van der Waals surface area contributed by atoms with Crippen LogP contribution in [0.5, 0.6) is 0 Å². The molecule has 6 nitrogen and oxygen atoms in total. The van der Waals surface area contributed by atoms with Crippen molar-refractivity contribution in [3.63, 3.8) is 0 Å². The number of fused-ring (bicyclic) bond motifs is 1. The minimum atomic E-state index is -0.279. The first kappa shape index (κ1) is 22.2. The Morgan fingerprint density at radius 2 is 1.85 bits per heavy atom. The first-order valence-corrected chi connectivity index (χ1v) is 10.7. The Kier molecular flexibility index (Phi) is 6.22. The third-order valence-electron chi connectivity index (χ3n) is 5.77. The Bertz CT molecular complexity index is 1340. The minimum Gasteiger partial charge on any atom is -0.356 e. The molecule has 0 spiro atoms. The zero-order valence-corrected chi connectivity index (χ0v) is 18.8. The fourth-order valence-electron chi connectivity index (χ4n) is 4.03. The molecule has 2 aromatic carbocycles. The molecule has 0 unspecified atom stereocenters. The van der Waals surface area contributed by atoms with Crippen molar-refractivity contribution in [2.24, 2.45) is 0 Å². The van der Waals surface area contributed by atoms with Crippen LogP contribution in [0.4, 0.5) is 4.39 Å². The van der Waals surface area contributed by atoms with Crippen LogP contribution in [0.2, 0.25) is 0 Å². The van der Waals surface area contributed by atoms with Gasteiger partial charge in [0.25, 0.3) is 11.8 Å². The summed E-state index contributed by atoms with van der Waals surface area (Å²) >= 11 is 0. The number of halogens is 1. The number of aromatic nitrogens is 2. The van der Waals surface area contributed by atoms with Gasteiger partial charge < -0.3 is 15.6 Å². The van der Waals surface area contributed by atoms with Gasteiger partial charge in [-0.05, 0) is 61.2 Å². The largest absolute Gasteiger partial charge is 0.356 e. The molecule has 0 aliphatic heterocycles. The third-order valence-corrected chi connectivity index (χ3v) is 5.77. The number of nitrogens with one attached hydrogen (secondary N) is 3. The summed E-state index contributed by atoms with van der Waals surface area (Å²) in [5.74, 6) is -0.718. The first-order valence-electron chi connectivity index (χ1n) is 10.7. The van der Waals surface area contributed by atoms with Gasteiger partial charge in [-0.3, -0.25) is 14.6 Å². The molecule has 0 bridgehead atoms. The molecule has 4 aromatic rings. The van der Waals surface area contributed by atoms with Gasteiger partial charge in [0.15, 0.2) is 0 Å². The van der Waals surface area contributed by atoms with Crippen LogP contribution in [0.25, 0.3) is 22.0 Å². The van der Waals surface area contributed by atoms with Crippen LogP contribution in [-0.4, -0.2) is 35.4 Å². The molecule has 2 heterocycles. The molecule has 3 N–H and O–H groups in total. The summed E-state index contributed by atoms with van der Waals surface area (Å²) in [6.45, 7) is 4.27. The molecular formula is C26H25FN4O2. The van der Waals surface area contributed by atoms with Crippen molar-refractivity contribution in [3.05, 3.63) is 88.6 Å². The number of aryl methyl sites for hydroxylation is 2. The van der Waals surface area contributed by atoms with E-state index in [2.05, 4.69) is 20.6 Å². The maximum Gasteiger partial charge on any atom is 0.269 e. The molecule has 0 saturated carbocycles. The van der Waals surface area contributed by atoms with Gasteiger partial charge in [0.2, 0.25) is 0 Å². The molecule has 0 fully saturated rings. The van der Waals surface area contributed by atoms with Crippen molar-refractivity contribution < 1.29 is 14.0 Å². The molecule has 0 atom stereocenters. The molecule has 168 valence electrons. The molecule has 0 aliphatic carbocycles. The summed E-state index contributed by atoms with van der Waals surface area (Å²) in [5, 5.41) is 6.37. The van der Waals surface area contributed by atoms with Crippen molar-refractivity contribution in [2.75, 3.05) is 13.6 Å². The summed E-state index contributed by atoms with van der Waals surface area (Å²) in [4.78, 5) is 31.8. The Morgan fingerprint density at radius 1 is 1.03 bits per heavy atom. The van der Waals surface area contributed by atoms with Crippen LogP contribution in [0.15, 0.2) is 54.7 Å². The first-order chi connectivity index (χ1) is 15.9. The van der Waals surface area contributed by atoms with Crippen molar-refractivity contribution in [2.45, 2.75) is 20.3 Å². The number of amides is 2. The maximum atomic E-state index is 14.1. The summed E-state index contributed by atoms with van der Waals surface area (Å²) in [7, 11) is 1.59.